The molecule has 0 unspecified atom stereocenters. The fourth-order valence-corrected chi connectivity index (χ4v) is 3.63. The molecule has 3 rings (SSSR count). The zero-order chi connectivity index (χ0) is 19.4. The van der Waals surface area contributed by atoms with E-state index in [9.17, 15) is 5.26 Å². The van der Waals surface area contributed by atoms with Crippen LogP contribution < -0.4 is 10.2 Å². The SMILES string of the molecule is COc1ccc(-c2csc(C(C#N)=NNc3c(C)cc(C)cc3C)n2)cc1. The van der Waals surface area contributed by atoms with Crippen LogP contribution in [0.25, 0.3) is 11.3 Å². The average Bonchev–Trinajstić information content (AvgIpc) is 3.14. The molecule has 27 heavy (non-hydrogen) atoms. The molecule has 1 N–H and O–H groups in total. The Labute approximate surface area is 163 Å². The third-order valence-electron chi connectivity index (χ3n) is 4.15. The van der Waals surface area contributed by atoms with Gasteiger partial charge in [-0.1, -0.05) is 17.7 Å². The molecule has 0 radical (unpaired) electrons. The maximum Gasteiger partial charge on any atom is 0.196 e. The normalized spacial score (nSPS) is 11.1. The Balaban J connectivity index is 1.85. The molecule has 0 spiro atoms. The molecule has 0 saturated heterocycles. The van der Waals surface area contributed by atoms with Crippen LogP contribution in [0.15, 0.2) is 46.9 Å². The van der Waals surface area contributed by atoms with Gasteiger partial charge in [-0.3, -0.25) is 5.43 Å². The quantitative estimate of drug-likeness (QED) is 0.498. The summed E-state index contributed by atoms with van der Waals surface area (Å²) in [5.41, 5.74) is 9.37. The van der Waals surface area contributed by atoms with E-state index in [4.69, 9.17) is 4.74 Å². The van der Waals surface area contributed by atoms with Gasteiger partial charge in [0.2, 0.25) is 0 Å². The van der Waals surface area contributed by atoms with Crippen molar-refractivity contribution in [1.82, 2.24) is 4.98 Å². The summed E-state index contributed by atoms with van der Waals surface area (Å²) in [7, 11) is 1.64. The van der Waals surface area contributed by atoms with Gasteiger partial charge in [0, 0.05) is 10.9 Å². The Morgan fingerprint density at radius 3 is 2.41 bits per heavy atom. The Bertz CT molecular complexity index is 1010. The molecule has 3 aromatic rings. The van der Waals surface area contributed by atoms with Crippen molar-refractivity contribution in [2.24, 2.45) is 5.10 Å². The van der Waals surface area contributed by atoms with Crippen molar-refractivity contribution in [1.29, 1.82) is 5.26 Å². The Morgan fingerprint density at radius 1 is 1.15 bits per heavy atom. The number of hydrogen-bond donors (Lipinski definition) is 1. The Kier molecular flexibility index (Phi) is 5.53. The van der Waals surface area contributed by atoms with Gasteiger partial charge < -0.3 is 4.74 Å². The first-order valence-corrected chi connectivity index (χ1v) is 9.31. The molecule has 0 saturated carbocycles. The standard InChI is InChI=1S/C21H20N4OS/c1-13-9-14(2)20(15(3)10-13)25-24-18(11-22)21-23-19(12-27-21)16-5-7-17(26-4)8-6-16/h5-10,12,25H,1-4H3. The second-order valence-corrected chi connectivity index (χ2v) is 7.08. The largest absolute Gasteiger partial charge is 0.497 e. The lowest BCUT2D eigenvalue weighted by Crippen LogP contribution is -2.03. The molecule has 0 amide bonds. The van der Waals surface area contributed by atoms with E-state index in [-0.39, 0.29) is 5.71 Å². The molecule has 0 atom stereocenters. The summed E-state index contributed by atoms with van der Waals surface area (Å²) >= 11 is 1.40. The highest BCUT2D eigenvalue weighted by atomic mass is 32.1. The van der Waals surface area contributed by atoms with Crippen LogP contribution in [0.2, 0.25) is 0 Å². The fourth-order valence-electron chi connectivity index (χ4n) is 2.87. The number of aromatic nitrogens is 1. The van der Waals surface area contributed by atoms with Gasteiger partial charge in [0.25, 0.3) is 0 Å². The van der Waals surface area contributed by atoms with Gasteiger partial charge in [-0.2, -0.15) is 10.4 Å². The minimum atomic E-state index is 0.263. The van der Waals surface area contributed by atoms with Crippen molar-refractivity contribution in [2.45, 2.75) is 20.8 Å². The topological polar surface area (TPSA) is 70.3 Å². The van der Waals surface area contributed by atoms with Gasteiger partial charge in [-0.25, -0.2) is 4.98 Å². The van der Waals surface area contributed by atoms with E-state index in [1.165, 1.54) is 16.9 Å². The first-order valence-electron chi connectivity index (χ1n) is 8.43. The number of thiazole rings is 1. The molecule has 136 valence electrons. The summed E-state index contributed by atoms with van der Waals surface area (Å²) in [6.07, 6.45) is 0. The van der Waals surface area contributed by atoms with E-state index >= 15 is 0 Å². The number of nitriles is 1. The van der Waals surface area contributed by atoms with Crippen LogP contribution >= 0.6 is 11.3 Å². The molecule has 0 bridgehead atoms. The minimum Gasteiger partial charge on any atom is -0.497 e. The first-order chi connectivity index (χ1) is 13.0. The van der Waals surface area contributed by atoms with Gasteiger partial charge in [-0.15, -0.1) is 11.3 Å². The summed E-state index contributed by atoms with van der Waals surface area (Å²) in [6, 6.07) is 14.0. The van der Waals surface area contributed by atoms with Crippen molar-refractivity contribution in [3.63, 3.8) is 0 Å². The molecule has 0 aliphatic rings. The molecule has 2 aromatic carbocycles. The minimum absolute atomic E-state index is 0.263. The smallest absolute Gasteiger partial charge is 0.196 e. The van der Waals surface area contributed by atoms with E-state index in [1.807, 2.05) is 43.5 Å². The van der Waals surface area contributed by atoms with Crippen molar-refractivity contribution < 1.29 is 4.74 Å². The fraction of sp³-hybridized carbons (Fsp3) is 0.190. The molecular formula is C21H20N4OS. The zero-order valence-corrected chi connectivity index (χ0v) is 16.5. The summed E-state index contributed by atoms with van der Waals surface area (Å²) < 4.78 is 5.18. The van der Waals surface area contributed by atoms with Crippen LogP contribution in [0.1, 0.15) is 21.7 Å². The van der Waals surface area contributed by atoms with Crippen LogP contribution in [0.3, 0.4) is 0 Å². The first kappa shape index (κ1) is 18.6. The number of anilines is 1. The van der Waals surface area contributed by atoms with E-state index < -0.39 is 0 Å². The van der Waals surface area contributed by atoms with Crippen LogP contribution in [0.4, 0.5) is 5.69 Å². The third-order valence-corrected chi connectivity index (χ3v) is 5.00. The molecule has 0 aliphatic carbocycles. The second kappa shape index (κ2) is 8.02. The summed E-state index contributed by atoms with van der Waals surface area (Å²) in [4.78, 5) is 4.56. The van der Waals surface area contributed by atoms with E-state index in [0.717, 1.165) is 33.8 Å². The van der Waals surface area contributed by atoms with Gasteiger partial charge in [0.1, 0.15) is 11.8 Å². The highest BCUT2D eigenvalue weighted by molar-refractivity contribution is 7.12. The van der Waals surface area contributed by atoms with E-state index in [2.05, 4.69) is 40.6 Å². The highest BCUT2D eigenvalue weighted by Crippen LogP contribution is 2.25. The molecule has 0 aliphatic heterocycles. The molecule has 5 nitrogen and oxygen atoms in total. The van der Waals surface area contributed by atoms with E-state index in [0.29, 0.717) is 5.01 Å². The lowest BCUT2D eigenvalue weighted by Gasteiger charge is -2.10. The lowest BCUT2D eigenvalue weighted by atomic mass is 10.1. The number of nitrogens with zero attached hydrogens (tertiary/aromatic N) is 3. The van der Waals surface area contributed by atoms with Gasteiger partial charge in [0.15, 0.2) is 10.7 Å². The number of hydrazone groups is 1. The third kappa shape index (κ3) is 4.15. The number of methoxy groups -OCH3 is 1. The average molecular weight is 376 g/mol. The second-order valence-electron chi connectivity index (χ2n) is 6.22. The molecule has 0 fully saturated rings. The van der Waals surface area contributed by atoms with Crippen molar-refractivity contribution in [2.75, 3.05) is 12.5 Å². The van der Waals surface area contributed by atoms with Crippen LogP contribution in [-0.4, -0.2) is 17.8 Å². The lowest BCUT2D eigenvalue weighted by molar-refractivity contribution is 0.415. The van der Waals surface area contributed by atoms with Crippen LogP contribution in [-0.2, 0) is 0 Å². The predicted molar refractivity (Wildman–Crippen MR) is 111 cm³/mol. The number of rotatable bonds is 5. The number of nitrogens with one attached hydrogen (secondary N) is 1. The monoisotopic (exact) mass is 376 g/mol. The summed E-state index contributed by atoms with van der Waals surface area (Å²) in [5.74, 6) is 0.793. The summed E-state index contributed by atoms with van der Waals surface area (Å²) in [6.45, 7) is 6.11. The Hall–Kier alpha value is -3.17. The van der Waals surface area contributed by atoms with Gasteiger partial charge >= 0.3 is 0 Å². The van der Waals surface area contributed by atoms with Gasteiger partial charge in [0.05, 0.1) is 18.5 Å². The van der Waals surface area contributed by atoms with Gasteiger partial charge in [-0.05, 0) is 56.2 Å². The predicted octanol–water partition coefficient (Wildman–Crippen LogP) is 5.08. The number of hydrogen-bond acceptors (Lipinski definition) is 6. The summed E-state index contributed by atoms with van der Waals surface area (Å²) in [5, 5.41) is 16.3. The van der Waals surface area contributed by atoms with Crippen LogP contribution in [0.5, 0.6) is 5.75 Å². The zero-order valence-electron chi connectivity index (χ0n) is 15.7. The number of ether oxygens (including phenoxy) is 1. The van der Waals surface area contributed by atoms with Crippen molar-refractivity contribution >= 4 is 22.7 Å². The maximum atomic E-state index is 9.52. The van der Waals surface area contributed by atoms with Crippen molar-refractivity contribution in [3.8, 4) is 23.1 Å². The molecule has 6 heteroatoms. The molecular weight excluding hydrogens is 356 g/mol. The highest BCUT2D eigenvalue weighted by Gasteiger charge is 2.11. The van der Waals surface area contributed by atoms with E-state index in [1.54, 1.807) is 7.11 Å². The van der Waals surface area contributed by atoms with Crippen LogP contribution in [0, 0.1) is 32.1 Å². The Morgan fingerprint density at radius 2 is 1.81 bits per heavy atom. The number of aryl methyl sites for hydroxylation is 3. The number of benzene rings is 2. The molecule has 1 heterocycles. The maximum absolute atomic E-state index is 9.52. The molecule has 1 aromatic heterocycles. The van der Waals surface area contributed by atoms with Crippen molar-refractivity contribution in [3.05, 3.63) is 63.5 Å².